The highest BCUT2D eigenvalue weighted by Crippen LogP contribution is 2.61. The van der Waals surface area contributed by atoms with Crippen LogP contribution >= 0.6 is 0 Å². The fraction of sp³-hybridized carbons (Fsp3) is 0.947. The van der Waals surface area contributed by atoms with Crippen LogP contribution < -0.4 is 11.1 Å². The van der Waals surface area contributed by atoms with E-state index in [4.69, 9.17) is 10.5 Å². The molecular weight excluding hydrogens is 288 g/mol. The molecule has 1 aliphatic heterocycles. The van der Waals surface area contributed by atoms with Gasteiger partial charge >= 0.3 is 0 Å². The first-order chi connectivity index (χ1) is 11.1. The number of hydrogen-bond acceptors (Lipinski definition) is 3. The Morgan fingerprint density at radius 3 is 2.13 bits per heavy atom. The van der Waals surface area contributed by atoms with Crippen molar-refractivity contribution < 1.29 is 9.53 Å². The van der Waals surface area contributed by atoms with Gasteiger partial charge in [0.25, 0.3) is 0 Å². The summed E-state index contributed by atoms with van der Waals surface area (Å²) in [7, 11) is 0. The third kappa shape index (κ3) is 2.93. The van der Waals surface area contributed by atoms with Gasteiger partial charge in [0.1, 0.15) is 0 Å². The molecule has 4 nitrogen and oxygen atoms in total. The van der Waals surface area contributed by atoms with Crippen LogP contribution in [0.3, 0.4) is 0 Å². The number of carbonyl (C=O) groups is 1. The van der Waals surface area contributed by atoms with Gasteiger partial charge in [-0.05, 0) is 87.4 Å². The SMILES string of the molecule is CC(NC(=O)C(N)C1CCOCC1)C12CC3CC(CC(C3)C1)C2. The molecule has 1 amide bonds. The van der Waals surface area contributed by atoms with Crippen molar-refractivity contribution in [2.24, 2.45) is 34.8 Å². The summed E-state index contributed by atoms with van der Waals surface area (Å²) in [6.45, 7) is 3.73. The maximum Gasteiger partial charge on any atom is 0.237 e. The molecule has 5 fully saturated rings. The van der Waals surface area contributed by atoms with Crippen molar-refractivity contribution >= 4 is 5.91 Å². The van der Waals surface area contributed by atoms with Gasteiger partial charge < -0.3 is 15.8 Å². The minimum Gasteiger partial charge on any atom is -0.381 e. The van der Waals surface area contributed by atoms with E-state index in [1.165, 1.54) is 38.5 Å². The molecule has 23 heavy (non-hydrogen) atoms. The first-order valence-electron chi connectivity index (χ1n) is 9.69. The van der Waals surface area contributed by atoms with E-state index in [2.05, 4.69) is 12.2 Å². The summed E-state index contributed by atoms with van der Waals surface area (Å²) in [5.74, 6) is 3.12. The third-order valence-electron chi connectivity index (χ3n) is 7.44. The van der Waals surface area contributed by atoms with Crippen molar-refractivity contribution in [1.29, 1.82) is 0 Å². The van der Waals surface area contributed by atoms with Gasteiger partial charge in [0.05, 0.1) is 6.04 Å². The zero-order valence-corrected chi connectivity index (χ0v) is 14.4. The van der Waals surface area contributed by atoms with E-state index in [1.54, 1.807) is 0 Å². The molecule has 0 spiro atoms. The van der Waals surface area contributed by atoms with E-state index in [0.29, 0.717) is 5.41 Å². The zero-order valence-electron chi connectivity index (χ0n) is 14.4. The molecule has 0 aromatic carbocycles. The summed E-state index contributed by atoms with van der Waals surface area (Å²) >= 11 is 0. The molecule has 2 unspecified atom stereocenters. The number of carbonyl (C=O) groups excluding carboxylic acids is 1. The summed E-state index contributed by atoms with van der Waals surface area (Å²) in [6, 6.07) is -0.0930. The Bertz CT molecular complexity index is 423. The van der Waals surface area contributed by atoms with Crippen LogP contribution in [0.1, 0.15) is 58.3 Å². The second kappa shape index (κ2) is 6.03. The second-order valence-electron chi connectivity index (χ2n) is 8.99. The van der Waals surface area contributed by atoms with Crippen LogP contribution in [0.25, 0.3) is 0 Å². The summed E-state index contributed by atoms with van der Waals surface area (Å²) in [6.07, 6.45) is 10.2. The number of rotatable bonds is 4. The smallest absolute Gasteiger partial charge is 0.237 e. The molecule has 5 aliphatic rings. The molecule has 4 saturated carbocycles. The Morgan fingerprint density at radius 1 is 1.09 bits per heavy atom. The number of hydrogen-bond donors (Lipinski definition) is 2. The van der Waals surface area contributed by atoms with Crippen molar-refractivity contribution in [2.45, 2.75) is 70.4 Å². The first-order valence-corrected chi connectivity index (χ1v) is 9.69. The lowest BCUT2D eigenvalue weighted by Gasteiger charge is -2.59. The molecule has 0 aromatic heterocycles. The average Bonchev–Trinajstić information content (AvgIpc) is 2.53. The standard InChI is InChI=1S/C19H32N2O2/c1-12(21-18(22)17(20)16-2-4-23-5-3-16)19-9-13-6-14(10-19)8-15(7-13)11-19/h12-17H,2-11,20H2,1H3,(H,21,22). The summed E-state index contributed by atoms with van der Waals surface area (Å²) in [5, 5.41) is 3.33. The first kappa shape index (κ1) is 15.9. The Balaban J connectivity index is 1.39. The quantitative estimate of drug-likeness (QED) is 0.836. The monoisotopic (exact) mass is 320 g/mol. The molecule has 4 bridgehead atoms. The van der Waals surface area contributed by atoms with E-state index in [9.17, 15) is 4.79 Å². The number of amides is 1. The number of nitrogens with one attached hydrogen (secondary N) is 1. The molecule has 130 valence electrons. The Labute approximate surface area is 139 Å². The summed E-state index contributed by atoms with van der Waals surface area (Å²) in [4.78, 5) is 12.7. The molecule has 0 radical (unpaired) electrons. The van der Waals surface area contributed by atoms with Crippen molar-refractivity contribution in [3.8, 4) is 0 Å². The van der Waals surface area contributed by atoms with Gasteiger partial charge in [-0.3, -0.25) is 4.79 Å². The average molecular weight is 320 g/mol. The van der Waals surface area contributed by atoms with Crippen molar-refractivity contribution in [1.82, 2.24) is 5.32 Å². The molecule has 2 atom stereocenters. The van der Waals surface area contributed by atoms with Crippen LogP contribution in [0, 0.1) is 29.1 Å². The maximum absolute atomic E-state index is 12.7. The highest BCUT2D eigenvalue weighted by molar-refractivity contribution is 5.82. The molecule has 1 saturated heterocycles. The number of ether oxygens (including phenoxy) is 1. The fourth-order valence-electron chi connectivity index (χ4n) is 6.46. The minimum absolute atomic E-state index is 0.0696. The highest BCUT2D eigenvalue weighted by atomic mass is 16.5. The van der Waals surface area contributed by atoms with Gasteiger partial charge in [0.2, 0.25) is 5.91 Å². The topological polar surface area (TPSA) is 64.4 Å². The molecule has 1 heterocycles. The molecular formula is C19H32N2O2. The largest absolute Gasteiger partial charge is 0.381 e. The van der Waals surface area contributed by atoms with Crippen LogP contribution in [0.4, 0.5) is 0 Å². The minimum atomic E-state index is -0.365. The van der Waals surface area contributed by atoms with Gasteiger partial charge in [-0.1, -0.05) is 0 Å². The Morgan fingerprint density at radius 2 is 1.61 bits per heavy atom. The summed E-state index contributed by atoms with van der Waals surface area (Å²) < 4.78 is 5.39. The van der Waals surface area contributed by atoms with Crippen molar-refractivity contribution in [3.63, 3.8) is 0 Å². The van der Waals surface area contributed by atoms with Gasteiger partial charge in [-0.25, -0.2) is 0 Å². The highest BCUT2D eigenvalue weighted by Gasteiger charge is 2.53. The Hall–Kier alpha value is -0.610. The predicted octanol–water partition coefficient (Wildman–Crippen LogP) is 2.46. The third-order valence-corrected chi connectivity index (χ3v) is 7.44. The van der Waals surface area contributed by atoms with Crippen LogP contribution in [0.5, 0.6) is 0 Å². The fourth-order valence-corrected chi connectivity index (χ4v) is 6.46. The van der Waals surface area contributed by atoms with E-state index in [1.807, 2.05) is 0 Å². The molecule has 5 rings (SSSR count). The van der Waals surface area contributed by atoms with E-state index >= 15 is 0 Å². The van der Waals surface area contributed by atoms with E-state index in [-0.39, 0.29) is 23.9 Å². The van der Waals surface area contributed by atoms with Crippen LogP contribution in [-0.4, -0.2) is 31.2 Å². The van der Waals surface area contributed by atoms with Crippen LogP contribution in [0.15, 0.2) is 0 Å². The second-order valence-corrected chi connectivity index (χ2v) is 8.99. The molecule has 0 aromatic rings. The zero-order chi connectivity index (χ0) is 16.0. The normalized spacial score (nSPS) is 42.4. The molecule has 3 N–H and O–H groups in total. The van der Waals surface area contributed by atoms with Gasteiger partial charge in [0.15, 0.2) is 0 Å². The van der Waals surface area contributed by atoms with Gasteiger partial charge in [-0.2, -0.15) is 0 Å². The maximum atomic E-state index is 12.7. The molecule has 4 aliphatic carbocycles. The van der Waals surface area contributed by atoms with E-state index in [0.717, 1.165) is 43.8 Å². The van der Waals surface area contributed by atoms with Crippen LogP contribution in [-0.2, 0) is 9.53 Å². The van der Waals surface area contributed by atoms with E-state index < -0.39 is 0 Å². The van der Waals surface area contributed by atoms with Gasteiger partial charge in [-0.15, -0.1) is 0 Å². The predicted molar refractivity (Wildman–Crippen MR) is 89.7 cm³/mol. The number of nitrogens with two attached hydrogens (primary N) is 1. The van der Waals surface area contributed by atoms with Crippen LogP contribution in [0.2, 0.25) is 0 Å². The van der Waals surface area contributed by atoms with Crippen molar-refractivity contribution in [3.05, 3.63) is 0 Å². The lowest BCUT2D eigenvalue weighted by Crippen LogP contribution is -2.58. The lowest BCUT2D eigenvalue weighted by atomic mass is 9.48. The lowest BCUT2D eigenvalue weighted by molar-refractivity contribution is -0.129. The van der Waals surface area contributed by atoms with Gasteiger partial charge in [0, 0.05) is 19.3 Å². The molecule has 4 heteroatoms. The summed E-state index contributed by atoms with van der Waals surface area (Å²) in [5.41, 5.74) is 6.63. The Kier molecular flexibility index (Phi) is 4.17. The van der Waals surface area contributed by atoms with Crippen molar-refractivity contribution in [2.75, 3.05) is 13.2 Å².